The van der Waals surface area contributed by atoms with E-state index in [0.29, 0.717) is 5.69 Å². The van der Waals surface area contributed by atoms with Crippen LogP contribution in [0.3, 0.4) is 0 Å². The number of aromatic nitrogens is 2. The number of aromatic amines is 1. The molecule has 0 spiro atoms. The Balaban J connectivity index is 1.84. The van der Waals surface area contributed by atoms with Gasteiger partial charge in [-0.15, -0.1) is 11.8 Å². The third-order valence-corrected chi connectivity index (χ3v) is 4.74. The van der Waals surface area contributed by atoms with E-state index in [0.717, 1.165) is 28.3 Å². The number of rotatable bonds is 5. The lowest BCUT2D eigenvalue weighted by atomic mass is 10.1. The SMILES string of the molecule is CC(C)CCSc1ccc(-c2nc3ccccc3[nH]c2=O)cc1. The van der Waals surface area contributed by atoms with Crippen LogP contribution in [0.5, 0.6) is 0 Å². The molecule has 0 atom stereocenters. The molecule has 1 aromatic heterocycles. The fourth-order valence-corrected chi connectivity index (χ4v) is 3.50. The monoisotopic (exact) mass is 324 g/mol. The van der Waals surface area contributed by atoms with Gasteiger partial charge in [0.1, 0.15) is 5.69 Å². The van der Waals surface area contributed by atoms with E-state index < -0.39 is 0 Å². The van der Waals surface area contributed by atoms with Gasteiger partial charge in [0.05, 0.1) is 11.0 Å². The zero-order valence-electron chi connectivity index (χ0n) is 13.4. The summed E-state index contributed by atoms with van der Waals surface area (Å²) in [4.78, 5) is 20.9. The van der Waals surface area contributed by atoms with Crippen molar-refractivity contribution in [3.63, 3.8) is 0 Å². The molecule has 3 nitrogen and oxygen atoms in total. The lowest BCUT2D eigenvalue weighted by molar-refractivity contribution is 0.632. The first kappa shape index (κ1) is 15.8. The first-order chi connectivity index (χ1) is 11.1. The maximum atomic E-state index is 12.2. The molecule has 0 unspecified atom stereocenters. The molecule has 0 amide bonds. The highest BCUT2D eigenvalue weighted by molar-refractivity contribution is 7.99. The van der Waals surface area contributed by atoms with Gasteiger partial charge in [0.25, 0.3) is 5.56 Å². The highest BCUT2D eigenvalue weighted by Crippen LogP contribution is 2.23. The molecular formula is C19H20N2OS. The van der Waals surface area contributed by atoms with Crippen LogP contribution in [0.1, 0.15) is 20.3 Å². The second-order valence-electron chi connectivity index (χ2n) is 5.99. The Labute approximate surface area is 140 Å². The molecule has 0 aliphatic heterocycles. The number of H-pyrrole nitrogens is 1. The molecule has 1 N–H and O–H groups in total. The second kappa shape index (κ2) is 7.01. The summed E-state index contributed by atoms with van der Waals surface area (Å²) in [5.74, 6) is 1.84. The van der Waals surface area contributed by atoms with Gasteiger partial charge in [0.15, 0.2) is 0 Å². The van der Waals surface area contributed by atoms with Crippen molar-refractivity contribution in [2.24, 2.45) is 5.92 Å². The molecular weight excluding hydrogens is 304 g/mol. The van der Waals surface area contributed by atoms with E-state index in [1.165, 1.54) is 11.3 Å². The van der Waals surface area contributed by atoms with E-state index in [1.807, 2.05) is 48.2 Å². The predicted octanol–water partition coefficient (Wildman–Crippen LogP) is 4.73. The van der Waals surface area contributed by atoms with Gasteiger partial charge < -0.3 is 4.98 Å². The average molecular weight is 324 g/mol. The van der Waals surface area contributed by atoms with Crippen LogP contribution in [-0.4, -0.2) is 15.7 Å². The first-order valence-corrected chi connectivity index (χ1v) is 8.84. The number of thioether (sulfide) groups is 1. The molecule has 1 heterocycles. The number of benzene rings is 2. The quantitative estimate of drug-likeness (QED) is 0.690. The Morgan fingerprint density at radius 2 is 1.83 bits per heavy atom. The van der Waals surface area contributed by atoms with Gasteiger partial charge in [0, 0.05) is 10.5 Å². The second-order valence-corrected chi connectivity index (χ2v) is 7.16. The number of hydrogen-bond donors (Lipinski definition) is 1. The lowest BCUT2D eigenvalue weighted by Crippen LogP contribution is -2.11. The molecule has 0 aliphatic carbocycles. The molecule has 2 aromatic carbocycles. The number of para-hydroxylation sites is 2. The smallest absolute Gasteiger partial charge is 0.274 e. The number of hydrogen-bond acceptors (Lipinski definition) is 3. The van der Waals surface area contributed by atoms with Crippen LogP contribution in [0.4, 0.5) is 0 Å². The van der Waals surface area contributed by atoms with Gasteiger partial charge in [-0.25, -0.2) is 4.98 Å². The largest absolute Gasteiger partial charge is 0.319 e. The summed E-state index contributed by atoms with van der Waals surface area (Å²) in [6.45, 7) is 4.47. The van der Waals surface area contributed by atoms with Crippen molar-refractivity contribution in [1.82, 2.24) is 9.97 Å². The van der Waals surface area contributed by atoms with Gasteiger partial charge in [-0.3, -0.25) is 4.79 Å². The maximum absolute atomic E-state index is 12.2. The Morgan fingerprint density at radius 3 is 2.57 bits per heavy atom. The Morgan fingerprint density at radius 1 is 1.09 bits per heavy atom. The van der Waals surface area contributed by atoms with Crippen LogP contribution >= 0.6 is 11.8 Å². The van der Waals surface area contributed by atoms with Crippen molar-refractivity contribution in [2.75, 3.05) is 5.75 Å². The van der Waals surface area contributed by atoms with Crippen LogP contribution in [0.2, 0.25) is 0 Å². The summed E-state index contributed by atoms with van der Waals surface area (Å²) in [6.07, 6.45) is 1.21. The molecule has 0 radical (unpaired) electrons. The molecule has 0 aliphatic rings. The molecule has 23 heavy (non-hydrogen) atoms. The molecule has 4 heteroatoms. The number of nitrogens with zero attached hydrogens (tertiary/aromatic N) is 1. The van der Waals surface area contributed by atoms with Crippen LogP contribution in [0, 0.1) is 5.92 Å². The van der Waals surface area contributed by atoms with Crippen molar-refractivity contribution < 1.29 is 0 Å². The summed E-state index contributed by atoms with van der Waals surface area (Å²) in [7, 11) is 0. The summed E-state index contributed by atoms with van der Waals surface area (Å²) in [6, 6.07) is 15.7. The van der Waals surface area contributed by atoms with Crippen molar-refractivity contribution in [3.8, 4) is 11.3 Å². The van der Waals surface area contributed by atoms with Gasteiger partial charge in [-0.2, -0.15) is 0 Å². The molecule has 0 saturated carbocycles. The van der Waals surface area contributed by atoms with Crippen LogP contribution in [0.25, 0.3) is 22.3 Å². The summed E-state index contributed by atoms with van der Waals surface area (Å²) in [5.41, 5.74) is 2.75. The summed E-state index contributed by atoms with van der Waals surface area (Å²) >= 11 is 1.85. The third-order valence-electron chi connectivity index (χ3n) is 3.69. The fraction of sp³-hybridized carbons (Fsp3) is 0.263. The normalized spacial score (nSPS) is 11.3. The van der Waals surface area contributed by atoms with Gasteiger partial charge in [0.2, 0.25) is 0 Å². The van der Waals surface area contributed by atoms with Crippen molar-refractivity contribution in [2.45, 2.75) is 25.2 Å². The summed E-state index contributed by atoms with van der Waals surface area (Å²) in [5, 5.41) is 0. The minimum absolute atomic E-state index is 0.149. The van der Waals surface area contributed by atoms with Crippen LogP contribution in [-0.2, 0) is 0 Å². The molecule has 0 saturated heterocycles. The van der Waals surface area contributed by atoms with Crippen LogP contribution in [0.15, 0.2) is 58.2 Å². The van der Waals surface area contributed by atoms with Crippen molar-refractivity contribution in [1.29, 1.82) is 0 Å². The minimum atomic E-state index is -0.149. The molecule has 3 aromatic rings. The third kappa shape index (κ3) is 3.82. The highest BCUT2D eigenvalue weighted by atomic mass is 32.2. The van der Waals surface area contributed by atoms with Crippen molar-refractivity contribution in [3.05, 3.63) is 58.9 Å². The van der Waals surface area contributed by atoms with Gasteiger partial charge in [-0.1, -0.05) is 38.1 Å². The molecule has 0 bridgehead atoms. The molecule has 0 fully saturated rings. The highest BCUT2D eigenvalue weighted by Gasteiger charge is 2.07. The van der Waals surface area contributed by atoms with Crippen LogP contribution < -0.4 is 5.56 Å². The zero-order chi connectivity index (χ0) is 16.2. The Bertz CT molecular complexity index is 853. The maximum Gasteiger partial charge on any atom is 0.274 e. The van der Waals surface area contributed by atoms with E-state index in [2.05, 4.69) is 35.9 Å². The van der Waals surface area contributed by atoms with E-state index in [9.17, 15) is 4.79 Å². The van der Waals surface area contributed by atoms with E-state index >= 15 is 0 Å². The zero-order valence-corrected chi connectivity index (χ0v) is 14.2. The first-order valence-electron chi connectivity index (χ1n) is 7.86. The molecule has 118 valence electrons. The van der Waals surface area contributed by atoms with Gasteiger partial charge in [-0.05, 0) is 42.4 Å². The Kier molecular flexibility index (Phi) is 4.82. The lowest BCUT2D eigenvalue weighted by Gasteiger charge is -2.06. The predicted molar refractivity (Wildman–Crippen MR) is 98.0 cm³/mol. The van der Waals surface area contributed by atoms with E-state index in [-0.39, 0.29) is 5.56 Å². The summed E-state index contributed by atoms with van der Waals surface area (Å²) < 4.78 is 0. The topological polar surface area (TPSA) is 45.8 Å². The minimum Gasteiger partial charge on any atom is -0.319 e. The Hall–Kier alpha value is -2.07. The number of nitrogens with one attached hydrogen (secondary N) is 1. The van der Waals surface area contributed by atoms with Gasteiger partial charge >= 0.3 is 0 Å². The van der Waals surface area contributed by atoms with Crippen molar-refractivity contribution >= 4 is 22.8 Å². The van der Waals surface area contributed by atoms with E-state index in [4.69, 9.17) is 0 Å². The standard InChI is InChI=1S/C19H20N2OS/c1-13(2)11-12-23-15-9-7-14(8-10-15)18-19(22)21-17-6-4-3-5-16(17)20-18/h3-10,13H,11-12H2,1-2H3,(H,21,22). The molecule has 3 rings (SSSR count). The van der Waals surface area contributed by atoms with E-state index in [1.54, 1.807) is 0 Å². The average Bonchev–Trinajstić information content (AvgIpc) is 2.55. The fourth-order valence-electron chi connectivity index (χ4n) is 2.35. The number of fused-ring (bicyclic) bond motifs is 1.